The molecule has 1 saturated heterocycles. The van der Waals surface area contributed by atoms with Crippen LogP contribution in [0.2, 0.25) is 0 Å². The van der Waals surface area contributed by atoms with E-state index in [-0.39, 0.29) is 18.3 Å². The first kappa shape index (κ1) is 16.2. The van der Waals surface area contributed by atoms with E-state index in [1.54, 1.807) is 0 Å². The minimum Gasteiger partial charge on any atom is -0.393 e. The van der Waals surface area contributed by atoms with Crippen LogP contribution in [0.1, 0.15) is 32.1 Å². The van der Waals surface area contributed by atoms with Crippen molar-refractivity contribution in [3.05, 3.63) is 0 Å². The van der Waals surface area contributed by atoms with E-state index in [1.165, 1.54) is 4.90 Å². The number of hydrogen-bond donors (Lipinski definition) is 4. The van der Waals surface area contributed by atoms with Gasteiger partial charge in [-0.05, 0) is 25.7 Å². The summed E-state index contributed by atoms with van der Waals surface area (Å²) in [6.07, 6.45) is 2.67. The Morgan fingerprint density at radius 3 is 2.50 bits per heavy atom. The topological polar surface area (TPSA) is 148 Å². The zero-order chi connectivity index (χ0) is 15.2. The standard InChI is InChI=1S/C12H23N5O3/c13-10(20)12(8-18)5-3-7-17(12)9(19)4-1-2-6-16-11(14)15/h18H,1-8H2,(H2,13,20)(H4,14,15,16)/t12-/m1/s1. The number of rotatable bonds is 7. The van der Waals surface area contributed by atoms with Crippen molar-refractivity contribution in [1.82, 2.24) is 4.90 Å². The Labute approximate surface area is 118 Å². The third-order valence-electron chi connectivity index (χ3n) is 3.60. The molecule has 1 aliphatic heterocycles. The summed E-state index contributed by atoms with van der Waals surface area (Å²) in [5.41, 5.74) is 14.5. The van der Waals surface area contributed by atoms with Crippen LogP contribution in [-0.4, -0.2) is 53.0 Å². The van der Waals surface area contributed by atoms with Gasteiger partial charge in [-0.3, -0.25) is 14.6 Å². The Morgan fingerprint density at radius 2 is 1.95 bits per heavy atom. The summed E-state index contributed by atoms with van der Waals surface area (Å²) in [5, 5.41) is 9.44. The maximum absolute atomic E-state index is 12.1. The Kier molecular flexibility index (Phi) is 5.75. The van der Waals surface area contributed by atoms with E-state index in [0.717, 1.165) is 0 Å². The average Bonchev–Trinajstić information content (AvgIpc) is 2.82. The number of aliphatic hydroxyl groups excluding tert-OH is 1. The van der Waals surface area contributed by atoms with Gasteiger partial charge in [0.1, 0.15) is 5.54 Å². The highest BCUT2D eigenvalue weighted by Crippen LogP contribution is 2.29. The average molecular weight is 285 g/mol. The Bertz CT molecular complexity index is 395. The van der Waals surface area contributed by atoms with Gasteiger partial charge in [-0.25, -0.2) is 0 Å². The van der Waals surface area contributed by atoms with Crippen LogP contribution in [0.4, 0.5) is 0 Å². The van der Waals surface area contributed by atoms with Crippen LogP contribution in [-0.2, 0) is 9.59 Å². The first-order valence-electron chi connectivity index (χ1n) is 6.70. The second kappa shape index (κ2) is 7.09. The molecular weight excluding hydrogens is 262 g/mol. The molecule has 0 aromatic carbocycles. The molecule has 114 valence electrons. The fraction of sp³-hybridized carbons (Fsp3) is 0.750. The van der Waals surface area contributed by atoms with Gasteiger partial charge in [0.25, 0.3) is 0 Å². The lowest BCUT2D eigenvalue weighted by Gasteiger charge is -2.34. The van der Waals surface area contributed by atoms with Crippen molar-refractivity contribution in [3.63, 3.8) is 0 Å². The SMILES string of the molecule is NC(=O)[C@]1(CO)CCCN1C(=O)CCCCN=C(N)N. The highest BCUT2D eigenvalue weighted by Gasteiger charge is 2.47. The van der Waals surface area contributed by atoms with Crippen molar-refractivity contribution < 1.29 is 14.7 Å². The van der Waals surface area contributed by atoms with Gasteiger partial charge in [0, 0.05) is 19.5 Å². The molecule has 0 aromatic heterocycles. The van der Waals surface area contributed by atoms with Crippen molar-refractivity contribution in [2.75, 3.05) is 19.7 Å². The molecule has 1 fully saturated rings. The third-order valence-corrected chi connectivity index (χ3v) is 3.60. The van der Waals surface area contributed by atoms with Gasteiger partial charge < -0.3 is 27.2 Å². The lowest BCUT2D eigenvalue weighted by molar-refractivity contribution is -0.146. The second-order valence-electron chi connectivity index (χ2n) is 4.97. The maximum Gasteiger partial charge on any atom is 0.245 e. The van der Waals surface area contributed by atoms with Gasteiger partial charge in [-0.2, -0.15) is 0 Å². The molecule has 2 amide bonds. The number of aliphatic imine (C=N–C) groups is 1. The van der Waals surface area contributed by atoms with Crippen molar-refractivity contribution in [1.29, 1.82) is 0 Å². The van der Waals surface area contributed by atoms with Crippen molar-refractivity contribution in [3.8, 4) is 0 Å². The van der Waals surface area contributed by atoms with Crippen molar-refractivity contribution in [2.45, 2.75) is 37.6 Å². The highest BCUT2D eigenvalue weighted by atomic mass is 16.3. The summed E-state index contributed by atoms with van der Waals surface area (Å²) < 4.78 is 0. The largest absolute Gasteiger partial charge is 0.393 e. The first-order valence-corrected chi connectivity index (χ1v) is 6.70. The zero-order valence-electron chi connectivity index (χ0n) is 11.5. The van der Waals surface area contributed by atoms with E-state index >= 15 is 0 Å². The van der Waals surface area contributed by atoms with Crippen molar-refractivity contribution in [2.24, 2.45) is 22.2 Å². The number of guanidine groups is 1. The summed E-state index contributed by atoms with van der Waals surface area (Å²) in [6, 6.07) is 0. The third kappa shape index (κ3) is 3.60. The molecular formula is C12H23N5O3. The minimum absolute atomic E-state index is 0.0314. The van der Waals surface area contributed by atoms with E-state index in [9.17, 15) is 14.7 Å². The second-order valence-corrected chi connectivity index (χ2v) is 4.97. The number of unbranched alkanes of at least 4 members (excludes halogenated alkanes) is 1. The molecule has 0 saturated carbocycles. The molecule has 1 aliphatic rings. The molecule has 1 rings (SSSR count). The van der Waals surface area contributed by atoms with E-state index < -0.39 is 18.1 Å². The van der Waals surface area contributed by atoms with Crippen LogP contribution in [0.5, 0.6) is 0 Å². The highest BCUT2D eigenvalue weighted by molar-refractivity contribution is 5.91. The van der Waals surface area contributed by atoms with Crippen LogP contribution in [0.15, 0.2) is 4.99 Å². The molecule has 1 atom stereocenters. The predicted molar refractivity (Wildman–Crippen MR) is 74.5 cm³/mol. The molecule has 0 aliphatic carbocycles. The lowest BCUT2D eigenvalue weighted by Crippen LogP contribution is -2.58. The fourth-order valence-electron chi connectivity index (χ4n) is 2.47. The maximum atomic E-state index is 12.1. The molecule has 0 bridgehead atoms. The first-order chi connectivity index (χ1) is 9.44. The number of carbonyl (C=O) groups is 2. The number of carbonyl (C=O) groups excluding carboxylic acids is 2. The van der Waals surface area contributed by atoms with E-state index in [0.29, 0.717) is 38.8 Å². The number of amides is 2. The number of nitrogens with zero attached hydrogens (tertiary/aromatic N) is 2. The van der Waals surface area contributed by atoms with Crippen LogP contribution in [0.3, 0.4) is 0 Å². The van der Waals surface area contributed by atoms with Gasteiger partial charge in [0.2, 0.25) is 11.8 Å². The summed E-state index contributed by atoms with van der Waals surface area (Å²) in [5.74, 6) is -0.782. The fourth-order valence-corrected chi connectivity index (χ4v) is 2.47. The van der Waals surface area contributed by atoms with Crippen LogP contribution >= 0.6 is 0 Å². The smallest absolute Gasteiger partial charge is 0.245 e. The summed E-state index contributed by atoms with van der Waals surface area (Å²) in [4.78, 5) is 28.9. The molecule has 1 heterocycles. The number of nitrogens with two attached hydrogens (primary N) is 3. The molecule has 0 unspecified atom stereocenters. The summed E-state index contributed by atoms with van der Waals surface area (Å²) in [7, 11) is 0. The quantitative estimate of drug-likeness (QED) is 0.249. The van der Waals surface area contributed by atoms with Gasteiger partial charge in [0.15, 0.2) is 5.96 Å². The minimum atomic E-state index is -1.23. The van der Waals surface area contributed by atoms with Crippen molar-refractivity contribution >= 4 is 17.8 Å². The Morgan fingerprint density at radius 1 is 1.25 bits per heavy atom. The van der Waals surface area contributed by atoms with Gasteiger partial charge in [-0.15, -0.1) is 0 Å². The predicted octanol–water partition coefficient (Wildman–Crippen LogP) is -1.73. The Balaban J connectivity index is 2.50. The van der Waals surface area contributed by atoms with Gasteiger partial charge >= 0.3 is 0 Å². The molecule has 0 aromatic rings. The summed E-state index contributed by atoms with van der Waals surface area (Å²) >= 11 is 0. The van der Waals surface area contributed by atoms with Crippen LogP contribution in [0, 0.1) is 0 Å². The zero-order valence-corrected chi connectivity index (χ0v) is 11.5. The van der Waals surface area contributed by atoms with Crippen LogP contribution < -0.4 is 17.2 Å². The van der Waals surface area contributed by atoms with E-state index in [1.807, 2.05) is 0 Å². The number of likely N-dealkylation sites (tertiary alicyclic amines) is 1. The van der Waals surface area contributed by atoms with Crippen LogP contribution in [0.25, 0.3) is 0 Å². The number of primary amides is 1. The molecule has 0 spiro atoms. The normalized spacial score (nSPS) is 21.8. The summed E-state index contributed by atoms with van der Waals surface area (Å²) in [6.45, 7) is 0.495. The van der Waals surface area contributed by atoms with Gasteiger partial charge in [0.05, 0.1) is 6.61 Å². The molecule has 8 nitrogen and oxygen atoms in total. The molecule has 0 radical (unpaired) electrons. The van der Waals surface area contributed by atoms with E-state index in [4.69, 9.17) is 17.2 Å². The lowest BCUT2D eigenvalue weighted by atomic mass is 9.96. The van der Waals surface area contributed by atoms with Gasteiger partial charge in [-0.1, -0.05) is 0 Å². The monoisotopic (exact) mass is 285 g/mol. The number of hydrogen-bond acceptors (Lipinski definition) is 4. The molecule has 8 heteroatoms. The molecule has 20 heavy (non-hydrogen) atoms. The number of aliphatic hydroxyl groups is 1. The Hall–Kier alpha value is -1.83. The molecule has 7 N–H and O–H groups in total. The van der Waals surface area contributed by atoms with E-state index in [2.05, 4.69) is 4.99 Å².